The Bertz CT molecular complexity index is 482. The number of hydrogen-bond donors (Lipinski definition) is 2. The molecule has 0 aromatic rings. The van der Waals surface area contributed by atoms with Crippen LogP contribution in [-0.2, 0) is 19.0 Å². The Morgan fingerprint density at radius 2 is 1.68 bits per heavy atom. The van der Waals surface area contributed by atoms with Crippen molar-refractivity contribution < 1.29 is 23.8 Å². The lowest BCUT2D eigenvalue weighted by molar-refractivity contribution is -0.124. The van der Waals surface area contributed by atoms with Crippen LogP contribution >= 0.6 is 0 Å². The number of nitrogens with one attached hydrogen (secondary N) is 2. The van der Waals surface area contributed by atoms with Gasteiger partial charge in [-0.1, -0.05) is 20.8 Å². The fraction of sp³-hybridized carbons (Fsp3) is 0.905. The first-order chi connectivity index (χ1) is 13.0. The first-order valence-electron chi connectivity index (χ1n) is 10.4. The van der Waals surface area contributed by atoms with E-state index in [9.17, 15) is 9.59 Å². The molecule has 164 valence electrons. The molecule has 1 aliphatic carbocycles. The SMILES string of the molecule is CC(C)CC1(C)CC(NC(=O)CCOCCOCCNC(=O)OC(C)(C)C)C1. The maximum atomic E-state index is 11.9. The van der Waals surface area contributed by atoms with Crippen molar-refractivity contribution in [3.63, 3.8) is 0 Å². The average molecular weight is 401 g/mol. The maximum Gasteiger partial charge on any atom is 0.407 e. The predicted octanol–water partition coefficient (Wildman–Crippen LogP) is 3.27. The quantitative estimate of drug-likeness (QED) is 0.491. The van der Waals surface area contributed by atoms with Crippen molar-refractivity contribution in [1.82, 2.24) is 10.6 Å². The van der Waals surface area contributed by atoms with Gasteiger partial charge in [-0.15, -0.1) is 0 Å². The molecule has 7 heteroatoms. The second kappa shape index (κ2) is 11.6. The number of hydrogen-bond acceptors (Lipinski definition) is 5. The molecular formula is C21H40N2O5. The van der Waals surface area contributed by atoms with Crippen LogP contribution in [0.25, 0.3) is 0 Å². The summed E-state index contributed by atoms with van der Waals surface area (Å²) in [5, 5.41) is 5.71. The first kappa shape index (κ1) is 24.7. The fourth-order valence-electron chi connectivity index (χ4n) is 3.71. The molecule has 0 unspecified atom stereocenters. The number of rotatable bonds is 12. The van der Waals surface area contributed by atoms with E-state index in [1.807, 2.05) is 20.8 Å². The largest absolute Gasteiger partial charge is 0.444 e. The molecule has 28 heavy (non-hydrogen) atoms. The van der Waals surface area contributed by atoms with Crippen molar-refractivity contribution in [2.75, 3.05) is 33.0 Å². The van der Waals surface area contributed by atoms with Crippen molar-refractivity contribution in [3.05, 3.63) is 0 Å². The third kappa shape index (κ3) is 11.5. The highest BCUT2D eigenvalue weighted by Crippen LogP contribution is 2.45. The Hall–Kier alpha value is -1.34. The Labute approximate surface area is 170 Å². The summed E-state index contributed by atoms with van der Waals surface area (Å²) >= 11 is 0. The topological polar surface area (TPSA) is 85.9 Å². The van der Waals surface area contributed by atoms with Crippen LogP contribution in [0.1, 0.15) is 67.2 Å². The van der Waals surface area contributed by atoms with Gasteiger partial charge in [0, 0.05) is 19.0 Å². The molecule has 0 radical (unpaired) electrons. The monoisotopic (exact) mass is 400 g/mol. The van der Waals surface area contributed by atoms with Gasteiger partial charge < -0.3 is 24.8 Å². The van der Waals surface area contributed by atoms with Gasteiger partial charge in [0.15, 0.2) is 0 Å². The van der Waals surface area contributed by atoms with Crippen LogP contribution in [0.4, 0.5) is 4.79 Å². The van der Waals surface area contributed by atoms with Crippen LogP contribution in [0, 0.1) is 11.3 Å². The third-order valence-electron chi connectivity index (χ3n) is 4.50. The minimum absolute atomic E-state index is 0.0547. The number of carbonyl (C=O) groups excluding carboxylic acids is 2. The van der Waals surface area contributed by atoms with Gasteiger partial charge in [-0.25, -0.2) is 4.79 Å². The van der Waals surface area contributed by atoms with Crippen molar-refractivity contribution in [1.29, 1.82) is 0 Å². The minimum Gasteiger partial charge on any atom is -0.444 e. The number of alkyl carbamates (subject to hydrolysis) is 1. The molecule has 0 bridgehead atoms. The van der Waals surface area contributed by atoms with E-state index in [1.54, 1.807) is 0 Å². The molecule has 1 saturated carbocycles. The lowest BCUT2D eigenvalue weighted by atomic mass is 9.63. The van der Waals surface area contributed by atoms with Crippen LogP contribution in [0.5, 0.6) is 0 Å². The van der Waals surface area contributed by atoms with E-state index in [4.69, 9.17) is 14.2 Å². The summed E-state index contributed by atoms with van der Waals surface area (Å²) in [6, 6.07) is 0.317. The lowest BCUT2D eigenvalue weighted by Crippen LogP contribution is -2.50. The van der Waals surface area contributed by atoms with E-state index >= 15 is 0 Å². The van der Waals surface area contributed by atoms with Gasteiger partial charge in [-0.05, 0) is 51.4 Å². The standard InChI is InChI=1S/C21H40N2O5/c1-16(2)13-21(6)14-17(15-21)23-18(24)7-9-26-11-12-27-10-8-22-19(25)28-20(3,4)5/h16-17H,7-15H2,1-6H3,(H,22,25)(H,23,24). The number of carbonyl (C=O) groups is 2. The lowest BCUT2D eigenvalue weighted by Gasteiger charge is -2.46. The molecule has 0 atom stereocenters. The van der Waals surface area contributed by atoms with Gasteiger partial charge in [0.25, 0.3) is 0 Å². The summed E-state index contributed by atoms with van der Waals surface area (Å²) in [5.74, 6) is 0.754. The number of amides is 2. The van der Waals surface area contributed by atoms with E-state index in [0.717, 1.165) is 12.8 Å². The molecule has 2 amide bonds. The van der Waals surface area contributed by atoms with Crippen LogP contribution in [0.15, 0.2) is 0 Å². The summed E-state index contributed by atoms with van der Waals surface area (Å²) in [5.41, 5.74) is -0.115. The van der Waals surface area contributed by atoms with Crippen molar-refractivity contribution in [2.24, 2.45) is 11.3 Å². The second-order valence-corrected chi connectivity index (χ2v) is 9.48. The van der Waals surface area contributed by atoms with E-state index in [2.05, 4.69) is 31.4 Å². The van der Waals surface area contributed by atoms with Gasteiger partial charge >= 0.3 is 6.09 Å². The summed E-state index contributed by atoms with van der Waals surface area (Å²) < 4.78 is 15.9. The number of ether oxygens (including phenoxy) is 3. The molecule has 0 saturated heterocycles. The van der Waals surface area contributed by atoms with Crippen molar-refractivity contribution >= 4 is 12.0 Å². The molecule has 0 aromatic heterocycles. The van der Waals surface area contributed by atoms with E-state index < -0.39 is 11.7 Å². The zero-order valence-electron chi connectivity index (χ0n) is 18.6. The zero-order valence-corrected chi connectivity index (χ0v) is 18.6. The molecule has 0 heterocycles. The summed E-state index contributed by atoms with van der Waals surface area (Å²) in [7, 11) is 0. The van der Waals surface area contributed by atoms with Gasteiger partial charge in [0.1, 0.15) is 5.60 Å². The Morgan fingerprint density at radius 3 is 2.25 bits per heavy atom. The van der Waals surface area contributed by atoms with E-state index in [1.165, 1.54) is 6.42 Å². The van der Waals surface area contributed by atoms with Crippen LogP contribution < -0.4 is 10.6 Å². The normalized spacial score (nSPS) is 21.9. The Balaban J connectivity index is 1.91. The molecule has 0 aromatic carbocycles. The Kier molecular flexibility index (Phi) is 10.2. The smallest absolute Gasteiger partial charge is 0.407 e. The molecule has 1 aliphatic rings. The Morgan fingerprint density at radius 1 is 1.07 bits per heavy atom. The second-order valence-electron chi connectivity index (χ2n) is 9.48. The van der Waals surface area contributed by atoms with Crippen LogP contribution in [0.2, 0.25) is 0 Å². The highest BCUT2D eigenvalue weighted by molar-refractivity contribution is 5.76. The van der Waals surface area contributed by atoms with Gasteiger partial charge in [0.05, 0.1) is 26.4 Å². The first-order valence-corrected chi connectivity index (χ1v) is 10.4. The average Bonchev–Trinajstić information content (AvgIpc) is 2.49. The van der Waals surface area contributed by atoms with Crippen molar-refractivity contribution in [3.8, 4) is 0 Å². The molecule has 7 nitrogen and oxygen atoms in total. The summed E-state index contributed by atoms with van der Waals surface area (Å²) in [6.45, 7) is 14.3. The highest BCUT2D eigenvalue weighted by atomic mass is 16.6. The molecule has 0 aliphatic heterocycles. The molecule has 1 rings (SSSR count). The van der Waals surface area contributed by atoms with Crippen molar-refractivity contribution in [2.45, 2.75) is 78.9 Å². The van der Waals surface area contributed by atoms with E-state index in [0.29, 0.717) is 56.8 Å². The predicted molar refractivity (Wildman–Crippen MR) is 109 cm³/mol. The molecular weight excluding hydrogens is 360 g/mol. The fourth-order valence-corrected chi connectivity index (χ4v) is 3.71. The maximum absolute atomic E-state index is 11.9. The molecule has 0 spiro atoms. The molecule has 2 N–H and O–H groups in total. The highest BCUT2D eigenvalue weighted by Gasteiger charge is 2.40. The minimum atomic E-state index is -0.503. The van der Waals surface area contributed by atoms with Gasteiger partial charge in [-0.3, -0.25) is 4.79 Å². The van der Waals surface area contributed by atoms with Crippen LogP contribution in [0.3, 0.4) is 0 Å². The molecule has 1 fully saturated rings. The van der Waals surface area contributed by atoms with Gasteiger partial charge in [-0.2, -0.15) is 0 Å². The third-order valence-corrected chi connectivity index (χ3v) is 4.50. The zero-order chi connectivity index (χ0) is 21.2. The summed E-state index contributed by atoms with van der Waals surface area (Å²) in [4.78, 5) is 23.4. The summed E-state index contributed by atoms with van der Waals surface area (Å²) in [6.07, 6.45) is 3.29. The van der Waals surface area contributed by atoms with E-state index in [-0.39, 0.29) is 5.91 Å². The van der Waals surface area contributed by atoms with Gasteiger partial charge in [0.2, 0.25) is 5.91 Å². The van der Waals surface area contributed by atoms with Crippen LogP contribution in [-0.4, -0.2) is 56.6 Å².